The third-order valence-electron chi connectivity index (χ3n) is 4.09. The van der Waals surface area contributed by atoms with Crippen LogP contribution >= 0.6 is 21.6 Å². The highest BCUT2D eigenvalue weighted by Crippen LogP contribution is 2.29. The van der Waals surface area contributed by atoms with Crippen molar-refractivity contribution in [1.29, 1.82) is 0 Å². The van der Waals surface area contributed by atoms with Crippen LogP contribution in [0.1, 0.15) is 42.5 Å². The lowest BCUT2D eigenvalue weighted by molar-refractivity contribution is -0.120. The van der Waals surface area contributed by atoms with Crippen molar-refractivity contribution in [2.45, 2.75) is 37.1 Å². The first-order valence-corrected chi connectivity index (χ1v) is 12.0. The van der Waals surface area contributed by atoms with E-state index in [-0.39, 0.29) is 5.91 Å². The minimum Gasteiger partial charge on any atom is -0.478 e. The number of hydrogen-bond donors (Lipinski definition) is 3. The molecule has 0 aliphatic heterocycles. The van der Waals surface area contributed by atoms with Crippen molar-refractivity contribution in [3.63, 3.8) is 0 Å². The maximum absolute atomic E-state index is 11.8. The number of benzene rings is 1. The molecule has 2 rings (SSSR count). The van der Waals surface area contributed by atoms with Gasteiger partial charge in [0.25, 0.3) is 0 Å². The Bertz CT molecular complexity index is 760. The molecule has 1 aromatic heterocycles. The molecule has 156 valence electrons. The van der Waals surface area contributed by atoms with Gasteiger partial charge in [0.2, 0.25) is 5.91 Å². The van der Waals surface area contributed by atoms with E-state index < -0.39 is 5.97 Å². The number of carboxylic acids is 1. The third kappa shape index (κ3) is 9.71. The van der Waals surface area contributed by atoms with Gasteiger partial charge < -0.3 is 15.7 Å². The van der Waals surface area contributed by atoms with Crippen molar-refractivity contribution >= 4 is 39.2 Å². The van der Waals surface area contributed by atoms with E-state index in [1.807, 2.05) is 24.3 Å². The van der Waals surface area contributed by atoms with Crippen LogP contribution in [0.25, 0.3) is 0 Å². The van der Waals surface area contributed by atoms with E-state index in [2.05, 4.69) is 15.6 Å². The summed E-state index contributed by atoms with van der Waals surface area (Å²) >= 11 is 0. The van der Waals surface area contributed by atoms with Crippen molar-refractivity contribution in [2.24, 2.45) is 0 Å². The SMILES string of the molecule is O=C(CCSSc1ccccn1)NCCCCCCNc1ccccc1C(=O)O. The molecule has 2 aromatic rings. The summed E-state index contributed by atoms with van der Waals surface area (Å²) in [5.74, 6) is -0.0695. The van der Waals surface area contributed by atoms with Crippen LogP contribution in [0.4, 0.5) is 5.69 Å². The molecule has 6 nitrogen and oxygen atoms in total. The molecule has 0 aliphatic rings. The fourth-order valence-electron chi connectivity index (χ4n) is 2.60. The monoisotopic (exact) mass is 433 g/mol. The van der Waals surface area contributed by atoms with Crippen molar-refractivity contribution in [3.8, 4) is 0 Å². The van der Waals surface area contributed by atoms with Gasteiger partial charge in [-0.15, -0.1) is 0 Å². The number of carbonyl (C=O) groups is 2. The van der Waals surface area contributed by atoms with Gasteiger partial charge in [0.1, 0.15) is 5.03 Å². The van der Waals surface area contributed by atoms with E-state index >= 15 is 0 Å². The maximum atomic E-state index is 11.8. The second-order valence-electron chi connectivity index (χ2n) is 6.36. The summed E-state index contributed by atoms with van der Waals surface area (Å²) in [6, 6.07) is 12.7. The Balaban J connectivity index is 1.44. The molecule has 0 spiro atoms. The predicted octanol–water partition coefficient (Wildman–Crippen LogP) is 4.70. The zero-order valence-corrected chi connectivity index (χ0v) is 17.9. The maximum Gasteiger partial charge on any atom is 0.337 e. The molecule has 0 unspecified atom stereocenters. The number of unbranched alkanes of at least 4 members (excludes halogenated alkanes) is 3. The average molecular weight is 434 g/mol. The number of aromatic nitrogens is 1. The van der Waals surface area contributed by atoms with Crippen LogP contribution < -0.4 is 10.6 Å². The zero-order chi connectivity index (χ0) is 20.7. The highest BCUT2D eigenvalue weighted by atomic mass is 33.1. The highest BCUT2D eigenvalue weighted by molar-refractivity contribution is 8.76. The first-order chi connectivity index (χ1) is 14.2. The molecule has 1 heterocycles. The second kappa shape index (κ2) is 13.9. The van der Waals surface area contributed by atoms with E-state index in [0.29, 0.717) is 24.2 Å². The van der Waals surface area contributed by atoms with Gasteiger partial charge in [0.15, 0.2) is 0 Å². The lowest BCUT2D eigenvalue weighted by atomic mass is 10.1. The van der Waals surface area contributed by atoms with E-state index in [0.717, 1.165) is 43.0 Å². The van der Waals surface area contributed by atoms with Gasteiger partial charge in [0, 0.05) is 37.1 Å². The topological polar surface area (TPSA) is 91.3 Å². The zero-order valence-electron chi connectivity index (χ0n) is 16.3. The van der Waals surface area contributed by atoms with Gasteiger partial charge in [0.05, 0.1) is 5.56 Å². The van der Waals surface area contributed by atoms with Crippen molar-refractivity contribution < 1.29 is 14.7 Å². The molecule has 1 amide bonds. The molecule has 0 atom stereocenters. The number of nitrogens with zero attached hydrogens (tertiary/aromatic N) is 1. The van der Waals surface area contributed by atoms with Crippen LogP contribution in [0.3, 0.4) is 0 Å². The predicted molar refractivity (Wildman–Crippen MR) is 121 cm³/mol. The van der Waals surface area contributed by atoms with Crippen LogP contribution in [0.15, 0.2) is 53.7 Å². The largest absolute Gasteiger partial charge is 0.478 e. The van der Waals surface area contributed by atoms with Gasteiger partial charge in [-0.25, -0.2) is 9.78 Å². The fourth-order valence-corrected chi connectivity index (χ4v) is 4.47. The normalized spacial score (nSPS) is 10.5. The number of amides is 1. The number of pyridine rings is 1. The van der Waals surface area contributed by atoms with Gasteiger partial charge >= 0.3 is 5.97 Å². The number of nitrogens with one attached hydrogen (secondary N) is 2. The average Bonchev–Trinajstić information content (AvgIpc) is 2.74. The van der Waals surface area contributed by atoms with Gasteiger partial charge in [-0.05, 0) is 47.9 Å². The number of aromatic carboxylic acids is 1. The summed E-state index contributed by atoms with van der Waals surface area (Å²) in [7, 11) is 3.23. The first kappa shape index (κ1) is 23.1. The Morgan fingerprint density at radius 1 is 0.966 bits per heavy atom. The quantitative estimate of drug-likeness (QED) is 0.294. The molecular weight excluding hydrogens is 406 g/mol. The van der Waals surface area contributed by atoms with E-state index in [9.17, 15) is 9.59 Å². The summed E-state index contributed by atoms with van der Waals surface area (Å²) in [5, 5.41) is 16.3. The van der Waals surface area contributed by atoms with E-state index in [1.165, 1.54) is 0 Å². The van der Waals surface area contributed by atoms with Gasteiger partial charge in [-0.1, -0.05) is 41.8 Å². The van der Waals surface area contributed by atoms with Crippen molar-refractivity contribution in [3.05, 3.63) is 54.2 Å². The van der Waals surface area contributed by atoms with Crippen LogP contribution in [0.2, 0.25) is 0 Å². The molecule has 0 bridgehead atoms. The minimum absolute atomic E-state index is 0.0889. The molecule has 0 aliphatic carbocycles. The number of anilines is 1. The van der Waals surface area contributed by atoms with E-state index in [4.69, 9.17) is 5.11 Å². The fraction of sp³-hybridized carbons (Fsp3) is 0.381. The molecule has 1 aromatic carbocycles. The summed E-state index contributed by atoms with van der Waals surface area (Å²) in [4.78, 5) is 27.2. The van der Waals surface area contributed by atoms with Crippen molar-refractivity contribution in [1.82, 2.24) is 10.3 Å². The smallest absolute Gasteiger partial charge is 0.337 e. The summed E-state index contributed by atoms with van der Waals surface area (Å²) < 4.78 is 0. The molecule has 29 heavy (non-hydrogen) atoms. The van der Waals surface area contributed by atoms with Crippen LogP contribution in [-0.2, 0) is 4.79 Å². The number of carboxylic acid groups (broad SMARTS) is 1. The van der Waals surface area contributed by atoms with Crippen LogP contribution in [0.5, 0.6) is 0 Å². The highest BCUT2D eigenvalue weighted by Gasteiger charge is 2.07. The molecular formula is C21H27N3O3S2. The first-order valence-electron chi connectivity index (χ1n) is 9.70. The standard InChI is InChI=1S/C21H27N3O3S2/c25-19(12-16-28-29-20-11-5-8-15-24-20)23-14-7-2-1-6-13-22-18-10-4-3-9-17(18)21(26)27/h3-5,8-11,15,22H,1-2,6-7,12-14,16H2,(H,23,25)(H,26,27). The molecule has 3 N–H and O–H groups in total. The Morgan fingerprint density at radius 3 is 2.48 bits per heavy atom. The number of carbonyl (C=O) groups excluding carboxylic acids is 1. The number of hydrogen-bond acceptors (Lipinski definition) is 6. The number of para-hydroxylation sites is 1. The molecule has 0 radical (unpaired) electrons. The van der Waals surface area contributed by atoms with Gasteiger partial charge in [-0.3, -0.25) is 4.79 Å². The minimum atomic E-state index is -0.919. The third-order valence-corrected chi connectivity index (χ3v) is 6.36. The lowest BCUT2D eigenvalue weighted by Gasteiger charge is -2.09. The molecule has 8 heteroatoms. The van der Waals surface area contributed by atoms with Crippen molar-refractivity contribution in [2.75, 3.05) is 24.2 Å². The Morgan fingerprint density at radius 2 is 1.72 bits per heavy atom. The van der Waals surface area contributed by atoms with Crippen LogP contribution in [0, 0.1) is 0 Å². The number of rotatable bonds is 14. The van der Waals surface area contributed by atoms with E-state index in [1.54, 1.807) is 46.0 Å². The summed E-state index contributed by atoms with van der Waals surface area (Å²) in [6.07, 6.45) is 6.26. The molecule has 0 fully saturated rings. The summed E-state index contributed by atoms with van der Waals surface area (Å²) in [5.41, 5.74) is 0.957. The van der Waals surface area contributed by atoms with Crippen LogP contribution in [-0.4, -0.2) is 40.8 Å². The Labute approximate surface area is 179 Å². The summed E-state index contributed by atoms with van der Waals surface area (Å²) in [6.45, 7) is 1.44. The molecule has 0 saturated heterocycles. The molecule has 0 saturated carbocycles. The Hall–Kier alpha value is -2.19. The van der Waals surface area contributed by atoms with Gasteiger partial charge in [-0.2, -0.15) is 0 Å². The Kier molecular flexibility index (Phi) is 11.1. The lowest BCUT2D eigenvalue weighted by Crippen LogP contribution is -2.24. The second-order valence-corrected chi connectivity index (χ2v) is 8.80.